The predicted octanol–water partition coefficient (Wildman–Crippen LogP) is 3.06. The number of hydrogen-bond acceptors (Lipinski definition) is 2. The molecule has 0 saturated carbocycles. The van der Waals surface area contributed by atoms with Crippen LogP contribution < -0.4 is 5.32 Å². The lowest BCUT2D eigenvalue weighted by Gasteiger charge is -2.35. The monoisotopic (exact) mass is 310 g/mol. The Bertz CT molecular complexity index is 428. The fourth-order valence-corrected chi connectivity index (χ4v) is 3.06. The number of nitrogens with one attached hydrogen (secondary N) is 1. The Morgan fingerprint density at radius 3 is 2.24 bits per heavy atom. The zero-order valence-electron chi connectivity index (χ0n) is 13.2. The molecule has 0 aromatic heterocycles. The van der Waals surface area contributed by atoms with Crippen LogP contribution in [0.25, 0.3) is 0 Å². The highest BCUT2D eigenvalue weighted by Gasteiger charge is 2.30. The van der Waals surface area contributed by atoms with E-state index in [1.165, 1.54) is 0 Å². The summed E-state index contributed by atoms with van der Waals surface area (Å²) < 4.78 is 0. The van der Waals surface area contributed by atoms with Gasteiger partial charge in [-0.25, -0.2) is 0 Å². The zero-order valence-corrected chi connectivity index (χ0v) is 14.0. The second kappa shape index (κ2) is 8.40. The molecule has 1 aliphatic rings. The van der Waals surface area contributed by atoms with Crippen molar-refractivity contribution in [3.05, 3.63) is 35.9 Å². The van der Waals surface area contributed by atoms with E-state index in [1.54, 1.807) is 0 Å². The molecule has 1 N–H and O–H groups in total. The van der Waals surface area contributed by atoms with Gasteiger partial charge in [-0.3, -0.25) is 4.79 Å². The molecule has 1 fully saturated rings. The molecule has 3 nitrogen and oxygen atoms in total. The van der Waals surface area contributed by atoms with E-state index in [9.17, 15) is 4.79 Å². The first-order chi connectivity index (χ1) is 9.63. The maximum Gasteiger partial charge on any atom is 0.230 e. The lowest BCUT2D eigenvalue weighted by Crippen LogP contribution is -2.46. The summed E-state index contributed by atoms with van der Waals surface area (Å²) in [5.41, 5.74) is 1.14. The topological polar surface area (TPSA) is 32.3 Å². The Hall–Kier alpha value is -1.06. The smallest absolute Gasteiger partial charge is 0.230 e. The van der Waals surface area contributed by atoms with Gasteiger partial charge in [-0.2, -0.15) is 0 Å². The number of carbonyl (C=O) groups is 1. The summed E-state index contributed by atoms with van der Waals surface area (Å²) in [6, 6.07) is 10.7. The lowest BCUT2D eigenvalue weighted by molar-refractivity contribution is -0.135. The van der Waals surface area contributed by atoms with Gasteiger partial charge in [-0.05, 0) is 31.4 Å². The fraction of sp³-hybridized carbons (Fsp3) is 0.588. The fourth-order valence-electron chi connectivity index (χ4n) is 3.06. The van der Waals surface area contributed by atoms with Crippen molar-refractivity contribution in [3.63, 3.8) is 0 Å². The highest BCUT2D eigenvalue weighted by atomic mass is 35.5. The minimum atomic E-state index is -0.0117. The standard InChI is InChI=1S/C17H26N2O.ClH/c1-13(2)16(14-7-5-4-6-8-14)17(20)19-11-9-15(18-3)10-12-19;/h4-8,13,15-16,18H,9-12H2,1-3H3;1H. The van der Waals surface area contributed by atoms with Crippen molar-refractivity contribution in [3.8, 4) is 0 Å². The highest BCUT2D eigenvalue weighted by Crippen LogP contribution is 2.27. The van der Waals surface area contributed by atoms with Crippen LogP contribution in [0.4, 0.5) is 0 Å². The molecule has 0 bridgehead atoms. The van der Waals surface area contributed by atoms with Crippen molar-refractivity contribution < 1.29 is 4.79 Å². The summed E-state index contributed by atoms with van der Waals surface area (Å²) in [6.07, 6.45) is 2.11. The molecule has 0 aliphatic carbocycles. The van der Waals surface area contributed by atoms with Gasteiger partial charge >= 0.3 is 0 Å². The molecule has 1 saturated heterocycles. The van der Waals surface area contributed by atoms with Gasteiger partial charge in [0.1, 0.15) is 0 Å². The van der Waals surface area contributed by atoms with Gasteiger partial charge in [0.05, 0.1) is 5.92 Å². The molecule has 0 radical (unpaired) electrons. The Kier molecular flexibility index (Phi) is 7.20. The van der Waals surface area contributed by atoms with Gasteiger partial charge < -0.3 is 10.2 Å². The van der Waals surface area contributed by atoms with Crippen LogP contribution in [-0.2, 0) is 4.79 Å². The van der Waals surface area contributed by atoms with Crippen LogP contribution in [0, 0.1) is 5.92 Å². The second-order valence-corrected chi connectivity index (χ2v) is 6.02. The van der Waals surface area contributed by atoms with Crippen molar-refractivity contribution in [2.24, 2.45) is 5.92 Å². The van der Waals surface area contributed by atoms with E-state index in [-0.39, 0.29) is 18.3 Å². The number of rotatable bonds is 4. The average molecular weight is 311 g/mol. The quantitative estimate of drug-likeness (QED) is 0.927. The molecule has 1 aromatic rings. The first-order valence-corrected chi connectivity index (χ1v) is 7.64. The third kappa shape index (κ3) is 4.45. The van der Waals surface area contributed by atoms with Crippen molar-refractivity contribution in [2.45, 2.75) is 38.6 Å². The molecule has 4 heteroatoms. The zero-order chi connectivity index (χ0) is 14.5. The van der Waals surface area contributed by atoms with Crippen LogP contribution in [0.3, 0.4) is 0 Å². The minimum Gasteiger partial charge on any atom is -0.342 e. The average Bonchev–Trinajstić information content (AvgIpc) is 2.48. The SMILES string of the molecule is CNC1CCN(C(=O)C(c2ccccc2)C(C)C)CC1.Cl. The molecule has 1 aliphatic heterocycles. The third-order valence-electron chi connectivity index (χ3n) is 4.31. The molecule has 1 heterocycles. The van der Waals surface area contributed by atoms with Crippen LogP contribution in [0.15, 0.2) is 30.3 Å². The van der Waals surface area contributed by atoms with E-state index < -0.39 is 0 Å². The first-order valence-electron chi connectivity index (χ1n) is 7.64. The summed E-state index contributed by atoms with van der Waals surface area (Å²) in [4.78, 5) is 14.9. The summed E-state index contributed by atoms with van der Waals surface area (Å²) in [5, 5.41) is 3.31. The van der Waals surface area contributed by atoms with Crippen LogP contribution in [0.1, 0.15) is 38.2 Å². The largest absolute Gasteiger partial charge is 0.342 e. The van der Waals surface area contributed by atoms with Gasteiger partial charge in [0, 0.05) is 19.1 Å². The molecule has 21 heavy (non-hydrogen) atoms. The van der Waals surface area contributed by atoms with E-state index in [1.807, 2.05) is 30.1 Å². The number of amides is 1. The van der Waals surface area contributed by atoms with Crippen LogP contribution in [0.5, 0.6) is 0 Å². The van der Waals surface area contributed by atoms with Gasteiger partial charge in [-0.1, -0.05) is 44.2 Å². The normalized spacial score (nSPS) is 17.4. The van der Waals surface area contributed by atoms with Gasteiger partial charge in [0.2, 0.25) is 5.91 Å². The summed E-state index contributed by atoms with van der Waals surface area (Å²) >= 11 is 0. The van der Waals surface area contributed by atoms with E-state index in [4.69, 9.17) is 0 Å². The highest BCUT2D eigenvalue weighted by molar-refractivity contribution is 5.85. The maximum absolute atomic E-state index is 12.8. The van der Waals surface area contributed by atoms with Crippen molar-refractivity contribution in [1.82, 2.24) is 10.2 Å². The van der Waals surface area contributed by atoms with E-state index in [0.29, 0.717) is 17.9 Å². The number of nitrogens with zero attached hydrogens (tertiary/aromatic N) is 1. The third-order valence-corrected chi connectivity index (χ3v) is 4.31. The van der Waals surface area contributed by atoms with Gasteiger partial charge in [0.25, 0.3) is 0 Å². The van der Waals surface area contributed by atoms with Gasteiger partial charge in [-0.15, -0.1) is 12.4 Å². The molecular formula is C17H27ClN2O. The predicted molar refractivity (Wildman–Crippen MR) is 89.9 cm³/mol. The van der Waals surface area contributed by atoms with Crippen LogP contribution in [-0.4, -0.2) is 37.0 Å². The van der Waals surface area contributed by atoms with Crippen LogP contribution in [0.2, 0.25) is 0 Å². The van der Waals surface area contributed by atoms with Gasteiger partial charge in [0.15, 0.2) is 0 Å². The molecule has 1 aromatic carbocycles. The van der Waals surface area contributed by atoms with Crippen molar-refractivity contribution >= 4 is 18.3 Å². The maximum atomic E-state index is 12.8. The molecule has 0 spiro atoms. The molecule has 118 valence electrons. The molecular weight excluding hydrogens is 284 g/mol. The van der Waals surface area contributed by atoms with Crippen molar-refractivity contribution in [1.29, 1.82) is 0 Å². The van der Waals surface area contributed by atoms with Crippen LogP contribution >= 0.6 is 12.4 Å². The minimum absolute atomic E-state index is 0. The number of hydrogen-bond donors (Lipinski definition) is 1. The number of halogens is 1. The summed E-state index contributed by atoms with van der Waals surface area (Å²) in [6.45, 7) is 6.02. The van der Waals surface area contributed by atoms with Crippen molar-refractivity contribution in [2.75, 3.05) is 20.1 Å². The summed E-state index contributed by atoms with van der Waals surface area (Å²) in [5.74, 6) is 0.606. The Morgan fingerprint density at radius 1 is 1.19 bits per heavy atom. The number of benzene rings is 1. The Balaban J connectivity index is 0.00000220. The molecule has 1 atom stereocenters. The van der Waals surface area contributed by atoms with E-state index in [0.717, 1.165) is 31.5 Å². The van der Waals surface area contributed by atoms with E-state index in [2.05, 4.69) is 31.3 Å². The Morgan fingerprint density at radius 2 is 1.76 bits per heavy atom. The lowest BCUT2D eigenvalue weighted by atomic mass is 9.86. The Labute approximate surface area is 134 Å². The molecule has 2 rings (SSSR count). The molecule has 1 unspecified atom stereocenters. The number of piperidine rings is 1. The second-order valence-electron chi connectivity index (χ2n) is 6.02. The first kappa shape index (κ1) is 18.0. The number of carbonyl (C=O) groups excluding carboxylic acids is 1. The summed E-state index contributed by atoms with van der Waals surface area (Å²) in [7, 11) is 2.00. The molecule has 1 amide bonds. The van der Waals surface area contributed by atoms with E-state index >= 15 is 0 Å². The number of likely N-dealkylation sites (tertiary alicyclic amines) is 1.